The van der Waals surface area contributed by atoms with Gasteiger partial charge in [-0.1, -0.05) is 29.8 Å². The summed E-state index contributed by atoms with van der Waals surface area (Å²) in [6, 6.07) is 13.1. The van der Waals surface area contributed by atoms with Gasteiger partial charge in [-0.25, -0.2) is 18.4 Å². The van der Waals surface area contributed by atoms with Crippen molar-refractivity contribution in [1.29, 1.82) is 0 Å². The van der Waals surface area contributed by atoms with E-state index in [-0.39, 0.29) is 11.8 Å². The van der Waals surface area contributed by atoms with E-state index in [0.717, 1.165) is 46.7 Å². The van der Waals surface area contributed by atoms with Crippen LogP contribution in [0.2, 0.25) is 0 Å². The summed E-state index contributed by atoms with van der Waals surface area (Å²) >= 11 is 0. The minimum atomic E-state index is -3.44. The number of hydrogen-bond acceptors (Lipinski definition) is 6. The minimum Gasteiger partial charge on any atom is -0.323 e. The second-order valence-corrected chi connectivity index (χ2v) is 10.0. The van der Waals surface area contributed by atoms with E-state index in [9.17, 15) is 8.42 Å². The first-order valence-electron chi connectivity index (χ1n) is 10.4. The van der Waals surface area contributed by atoms with Gasteiger partial charge in [-0.05, 0) is 57.4 Å². The summed E-state index contributed by atoms with van der Waals surface area (Å²) in [5.74, 6) is 0.532. The molecule has 1 N–H and O–H groups in total. The van der Waals surface area contributed by atoms with Crippen molar-refractivity contribution in [2.24, 2.45) is 0 Å². The van der Waals surface area contributed by atoms with Crippen molar-refractivity contribution in [1.82, 2.24) is 19.3 Å². The number of aryl methyl sites for hydroxylation is 3. The lowest BCUT2D eigenvalue weighted by atomic mass is 10.1. The van der Waals surface area contributed by atoms with Crippen LogP contribution >= 0.6 is 0 Å². The number of hydrogen-bond donors (Lipinski definition) is 1. The van der Waals surface area contributed by atoms with E-state index in [4.69, 9.17) is 0 Å². The fourth-order valence-corrected chi connectivity index (χ4v) is 5.83. The highest BCUT2D eigenvalue weighted by molar-refractivity contribution is 7.88. The molecule has 1 unspecified atom stereocenters. The summed E-state index contributed by atoms with van der Waals surface area (Å²) in [4.78, 5) is 13.3. The molecule has 1 atom stereocenters. The van der Waals surface area contributed by atoms with Crippen LogP contribution in [0.3, 0.4) is 0 Å². The largest absolute Gasteiger partial charge is 0.323 e. The molecule has 3 aromatic rings. The molecule has 0 bridgehead atoms. The fourth-order valence-electron chi connectivity index (χ4n) is 4.05. The molecule has 1 saturated heterocycles. The zero-order valence-electron chi connectivity index (χ0n) is 18.0. The molecule has 0 spiro atoms. The summed E-state index contributed by atoms with van der Waals surface area (Å²) in [6.07, 6.45) is 3.31. The monoisotopic (exact) mass is 437 g/mol. The fraction of sp³-hybridized carbons (Fsp3) is 0.348. The molecule has 0 aliphatic carbocycles. The number of nitrogens with zero attached hydrogens (tertiary/aromatic N) is 4. The maximum atomic E-state index is 13.1. The van der Waals surface area contributed by atoms with Crippen LogP contribution in [0.25, 0.3) is 0 Å². The molecular weight excluding hydrogens is 410 g/mol. The maximum Gasteiger partial charge on any atom is 0.227 e. The van der Waals surface area contributed by atoms with Crippen LogP contribution in [-0.2, 0) is 15.8 Å². The lowest BCUT2D eigenvalue weighted by Crippen LogP contribution is -2.32. The highest BCUT2D eigenvalue weighted by atomic mass is 32.2. The van der Waals surface area contributed by atoms with Gasteiger partial charge >= 0.3 is 0 Å². The highest BCUT2D eigenvalue weighted by Crippen LogP contribution is 2.34. The van der Waals surface area contributed by atoms with Gasteiger partial charge in [-0.3, -0.25) is 4.98 Å². The number of benzene rings is 1. The average molecular weight is 438 g/mol. The topological polar surface area (TPSA) is 88.1 Å². The Morgan fingerprint density at radius 3 is 2.52 bits per heavy atom. The van der Waals surface area contributed by atoms with Gasteiger partial charge in [0.05, 0.1) is 29.4 Å². The van der Waals surface area contributed by atoms with Crippen LogP contribution in [0.15, 0.2) is 48.7 Å². The third kappa shape index (κ3) is 5.08. The van der Waals surface area contributed by atoms with E-state index < -0.39 is 10.0 Å². The molecule has 1 aliphatic rings. The molecule has 1 fully saturated rings. The lowest BCUT2D eigenvalue weighted by Gasteiger charge is -2.24. The number of anilines is 2. The van der Waals surface area contributed by atoms with E-state index >= 15 is 0 Å². The second-order valence-electron chi connectivity index (χ2n) is 8.09. The minimum absolute atomic E-state index is 0.00880. The standard InChI is InChI=1S/C23H27N5O2S/c1-16-6-4-7-19(12-16)15-31(29,30)28-11-5-8-22(28)21-10-9-20(14-24-21)27-23-25-17(2)13-18(3)26-23/h4,6-7,9-10,12-14,22H,5,8,11,15H2,1-3H3,(H,25,26,27). The summed E-state index contributed by atoms with van der Waals surface area (Å²) < 4.78 is 27.9. The van der Waals surface area contributed by atoms with E-state index in [0.29, 0.717) is 12.5 Å². The molecule has 0 saturated carbocycles. The van der Waals surface area contributed by atoms with Crippen LogP contribution in [0.1, 0.15) is 47.1 Å². The van der Waals surface area contributed by atoms with Gasteiger partial charge in [0, 0.05) is 17.9 Å². The first kappa shape index (κ1) is 21.4. The SMILES string of the molecule is Cc1cccc(CS(=O)(=O)N2CCCC2c2ccc(Nc3nc(C)cc(C)n3)cn2)c1. The van der Waals surface area contributed by atoms with Gasteiger partial charge in [0.25, 0.3) is 0 Å². The van der Waals surface area contributed by atoms with Crippen molar-refractivity contribution >= 4 is 21.7 Å². The number of sulfonamides is 1. The Balaban J connectivity index is 1.50. The molecule has 7 nitrogen and oxygen atoms in total. The molecule has 162 valence electrons. The molecule has 1 aliphatic heterocycles. The predicted molar refractivity (Wildman–Crippen MR) is 122 cm³/mol. The quantitative estimate of drug-likeness (QED) is 0.622. The predicted octanol–water partition coefficient (Wildman–Crippen LogP) is 4.21. The van der Waals surface area contributed by atoms with Gasteiger partial charge < -0.3 is 5.32 Å². The van der Waals surface area contributed by atoms with Crippen LogP contribution in [0, 0.1) is 20.8 Å². The summed E-state index contributed by atoms with van der Waals surface area (Å²) in [7, 11) is -3.44. The smallest absolute Gasteiger partial charge is 0.227 e. The molecule has 0 amide bonds. The third-order valence-corrected chi connectivity index (χ3v) is 7.21. The number of pyridine rings is 1. The van der Waals surface area contributed by atoms with E-state index in [2.05, 4.69) is 20.3 Å². The van der Waals surface area contributed by atoms with Crippen LogP contribution in [0.5, 0.6) is 0 Å². The lowest BCUT2D eigenvalue weighted by molar-refractivity contribution is 0.390. The van der Waals surface area contributed by atoms with Crippen LogP contribution in [0.4, 0.5) is 11.6 Å². The Morgan fingerprint density at radius 2 is 1.84 bits per heavy atom. The van der Waals surface area contributed by atoms with Crippen molar-refractivity contribution in [3.63, 3.8) is 0 Å². The molecule has 4 rings (SSSR count). The van der Waals surface area contributed by atoms with E-state index in [1.807, 2.05) is 63.2 Å². The van der Waals surface area contributed by atoms with Crippen LogP contribution < -0.4 is 5.32 Å². The Kier molecular flexibility index (Phi) is 6.02. The maximum absolute atomic E-state index is 13.1. The molecule has 31 heavy (non-hydrogen) atoms. The molecule has 1 aromatic carbocycles. The average Bonchev–Trinajstić information content (AvgIpc) is 3.18. The van der Waals surface area contributed by atoms with Gasteiger partial charge in [0.15, 0.2) is 0 Å². The normalized spacial score (nSPS) is 17.1. The molecule has 3 heterocycles. The summed E-state index contributed by atoms with van der Waals surface area (Å²) in [6.45, 7) is 6.34. The van der Waals surface area contributed by atoms with E-state index in [1.165, 1.54) is 0 Å². The Hall–Kier alpha value is -2.84. The van der Waals surface area contributed by atoms with Crippen molar-refractivity contribution < 1.29 is 8.42 Å². The molecular formula is C23H27N5O2S. The van der Waals surface area contributed by atoms with Gasteiger partial charge in [0.2, 0.25) is 16.0 Å². The number of nitrogens with one attached hydrogen (secondary N) is 1. The number of rotatable bonds is 6. The Labute approximate surface area is 183 Å². The van der Waals surface area contributed by atoms with Crippen molar-refractivity contribution in [2.45, 2.75) is 45.4 Å². The van der Waals surface area contributed by atoms with E-state index in [1.54, 1.807) is 10.5 Å². The second kappa shape index (κ2) is 8.72. The van der Waals surface area contributed by atoms with Crippen molar-refractivity contribution in [2.75, 3.05) is 11.9 Å². The highest BCUT2D eigenvalue weighted by Gasteiger charge is 2.35. The number of aromatic nitrogens is 3. The van der Waals surface area contributed by atoms with Crippen molar-refractivity contribution in [3.8, 4) is 0 Å². The molecule has 2 aromatic heterocycles. The zero-order valence-corrected chi connectivity index (χ0v) is 18.9. The first-order chi connectivity index (χ1) is 14.8. The third-order valence-electron chi connectivity index (χ3n) is 5.36. The summed E-state index contributed by atoms with van der Waals surface area (Å²) in [5, 5.41) is 3.17. The van der Waals surface area contributed by atoms with Gasteiger partial charge in [0.1, 0.15) is 0 Å². The Morgan fingerprint density at radius 1 is 1.06 bits per heavy atom. The molecule has 0 radical (unpaired) electrons. The van der Waals surface area contributed by atoms with Crippen LogP contribution in [-0.4, -0.2) is 34.2 Å². The first-order valence-corrected chi connectivity index (χ1v) is 12.0. The Bertz CT molecular complexity index is 1160. The van der Waals surface area contributed by atoms with Gasteiger partial charge in [-0.15, -0.1) is 0 Å². The van der Waals surface area contributed by atoms with Gasteiger partial charge in [-0.2, -0.15) is 4.31 Å². The summed E-state index contributed by atoms with van der Waals surface area (Å²) in [5.41, 5.74) is 5.17. The zero-order chi connectivity index (χ0) is 22.0. The molecule has 8 heteroatoms. The van der Waals surface area contributed by atoms with Crippen molar-refractivity contribution in [3.05, 3.63) is 76.9 Å².